The lowest BCUT2D eigenvalue weighted by Crippen LogP contribution is -2.44. The average Bonchev–Trinajstić information content (AvgIpc) is 2.45. The number of hydrogen-bond acceptors (Lipinski definition) is 2. The summed E-state index contributed by atoms with van der Waals surface area (Å²) in [6, 6.07) is 7.88. The number of piperidine rings is 1. The standard InChI is InChI=1S/C16H23NO2/c1-3-15(16(18)17-10-5-4-6-11-17)19-14-9-7-8-13(2)12-14/h7-9,12,15H,3-6,10-11H2,1-2H3/t15-/m1/s1. The molecule has 0 N–H and O–H groups in total. The predicted octanol–water partition coefficient (Wildman–Crippen LogP) is 3.16. The van der Waals surface area contributed by atoms with E-state index in [1.807, 2.05) is 43.0 Å². The molecule has 1 heterocycles. The van der Waals surface area contributed by atoms with E-state index in [9.17, 15) is 4.79 Å². The first-order valence-corrected chi connectivity index (χ1v) is 7.23. The molecule has 1 amide bonds. The minimum atomic E-state index is -0.347. The van der Waals surface area contributed by atoms with Crippen LogP contribution < -0.4 is 4.74 Å². The fraction of sp³-hybridized carbons (Fsp3) is 0.562. The Morgan fingerprint density at radius 3 is 2.68 bits per heavy atom. The third-order valence-corrected chi connectivity index (χ3v) is 3.58. The maximum absolute atomic E-state index is 12.4. The van der Waals surface area contributed by atoms with Gasteiger partial charge in [0.15, 0.2) is 6.10 Å². The molecule has 2 rings (SSSR count). The molecule has 1 fully saturated rings. The SMILES string of the molecule is CC[C@@H](Oc1cccc(C)c1)C(=O)N1CCCCC1. The Labute approximate surface area is 115 Å². The fourth-order valence-electron chi connectivity index (χ4n) is 2.48. The highest BCUT2D eigenvalue weighted by molar-refractivity contribution is 5.81. The number of ether oxygens (including phenoxy) is 1. The molecule has 3 heteroatoms. The summed E-state index contributed by atoms with van der Waals surface area (Å²) in [6.45, 7) is 5.79. The van der Waals surface area contributed by atoms with Gasteiger partial charge in [0.05, 0.1) is 0 Å². The average molecular weight is 261 g/mol. The summed E-state index contributed by atoms with van der Waals surface area (Å²) in [5, 5.41) is 0. The molecule has 0 aromatic heterocycles. The van der Waals surface area contributed by atoms with E-state index >= 15 is 0 Å². The number of carbonyl (C=O) groups excluding carboxylic acids is 1. The van der Waals surface area contributed by atoms with E-state index in [4.69, 9.17) is 4.74 Å². The highest BCUT2D eigenvalue weighted by atomic mass is 16.5. The first-order chi connectivity index (χ1) is 9.20. The molecule has 0 unspecified atom stereocenters. The molecule has 0 aliphatic carbocycles. The number of rotatable bonds is 4. The third kappa shape index (κ3) is 3.72. The number of nitrogens with zero attached hydrogens (tertiary/aromatic N) is 1. The minimum Gasteiger partial charge on any atom is -0.481 e. The second kappa shape index (κ2) is 6.60. The summed E-state index contributed by atoms with van der Waals surface area (Å²) >= 11 is 0. The van der Waals surface area contributed by atoms with E-state index in [0.29, 0.717) is 6.42 Å². The molecule has 3 nitrogen and oxygen atoms in total. The number of benzene rings is 1. The van der Waals surface area contributed by atoms with E-state index in [0.717, 1.165) is 37.2 Å². The number of hydrogen-bond donors (Lipinski definition) is 0. The molecule has 0 bridgehead atoms. The van der Waals surface area contributed by atoms with Crippen LogP contribution in [-0.4, -0.2) is 30.0 Å². The molecule has 104 valence electrons. The van der Waals surface area contributed by atoms with Crippen LogP contribution in [0.15, 0.2) is 24.3 Å². The molecular formula is C16H23NO2. The van der Waals surface area contributed by atoms with Crippen molar-refractivity contribution in [1.82, 2.24) is 4.90 Å². The van der Waals surface area contributed by atoms with Crippen molar-refractivity contribution in [2.45, 2.75) is 45.6 Å². The summed E-state index contributed by atoms with van der Waals surface area (Å²) in [6.07, 6.45) is 3.84. The smallest absolute Gasteiger partial charge is 0.263 e. The number of carbonyl (C=O) groups is 1. The van der Waals surface area contributed by atoms with Gasteiger partial charge >= 0.3 is 0 Å². The molecule has 0 spiro atoms. The van der Waals surface area contributed by atoms with Crippen LogP contribution in [0.4, 0.5) is 0 Å². The van der Waals surface area contributed by atoms with Crippen LogP contribution in [0.25, 0.3) is 0 Å². The quantitative estimate of drug-likeness (QED) is 0.833. The van der Waals surface area contributed by atoms with E-state index in [2.05, 4.69) is 0 Å². The van der Waals surface area contributed by atoms with E-state index in [-0.39, 0.29) is 12.0 Å². The Kier molecular flexibility index (Phi) is 4.83. The first-order valence-electron chi connectivity index (χ1n) is 7.23. The molecule has 1 aromatic carbocycles. The number of likely N-dealkylation sites (tertiary alicyclic amines) is 1. The molecule has 0 saturated carbocycles. The van der Waals surface area contributed by atoms with Gasteiger partial charge in [0, 0.05) is 13.1 Å². The molecule has 1 aliphatic rings. The highest BCUT2D eigenvalue weighted by Crippen LogP contribution is 2.18. The molecule has 0 radical (unpaired) electrons. The van der Waals surface area contributed by atoms with Crippen LogP contribution in [0.3, 0.4) is 0 Å². The Balaban J connectivity index is 2.00. The zero-order valence-electron chi connectivity index (χ0n) is 11.9. The van der Waals surface area contributed by atoms with E-state index < -0.39 is 0 Å². The van der Waals surface area contributed by atoms with Crippen molar-refractivity contribution < 1.29 is 9.53 Å². The van der Waals surface area contributed by atoms with Gasteiger partial charge in [0.25, 0.3) is 5.91 Å². The Hall–Kier alpha value is -1.51. The fourth-order valence-corrected chi connectivity index (χ4v) is 2.48. The molecule has 1 aliphatic heterocycles. The van der Waals surface area contributed by atoms with Crippen LogP contribution in [0.1, 0.15) is 38.2 Å². The van der Waals surface area contributed by atoms with Gasteiger partial charge in [0.2, 0.25) is 0 Å². The van der Waals surface area contributed by atoms with Crippen LogP contribution >= 0.6 is 0 Å². The number of aryl methyl sites for hydroxylation is 1. The van der Waals surface area contributed by atoms with Gasteiger partial charge in [-0.15, -0.1) is 0 Å². The molecular weight excluding hydrogens is 238 g/mol. The molecule has 1 atom stereocenters. The van der Waals surface area contributed by atoms with Crippen LogP contribution in [0.5, 0.6) is 5.75 Å². The van der Waals surface area contributed by atoms with Gasteiger partial charge in [-0.25, -0.2) is 0 Å². The monoisotopic (exact) mass is 261 g/mol. The van der Waals surface area contributed by atoms with Crippen LogP contribution in [0, 0.1) is 6.92 Å². The van der Waals surface area contributed by atoms with Gasteiger partial charge in [-0.2, -0.15) is 0 Å². The van der Waals surface area contributed by atoms with Crippen molar-refractivity contribution in [2.75, 3.05) is 13.1 Å². The van der Waals surface area contributed by atoms with Gasteiger partial charge in [0.1, 0.15) is 5.75 Å². The second-order valence-electron chi connectivity index (χ2n) is 5.22. The first kappa shape index (κ1) is 13.9. The zero-order valence-corrected chi connectivity index (χ0v) is 11.9. The summed E-state index contributed by atoms with van der Waals surface area (Å²) in [4.78, 5) is 14.4. The summed E-state index contributed by atoms with van der Waals surface area (Å²) < 4.78 is 5.87. The predicted molar refractivity (Wildman–Crippen MR) is 76.3 cm³/mol. The Morgan fingerprint density at radius 1 is 1.32 bits per heavy atom. The van der Waals surface area contributed by atoms with Gasteiger partial charge < -0.3 is 9.64 Å². The minimum absolute atomic E-state index is 0.142. The molecule has 1 aromatic rings. The second-order valence-corrected chi connectivity index (χ2v) is 5.22. The third-order valence-electron chi connectivity index (χ3n) is 3.58. The highest BCUT2D eigenvalue weighted by Gasteiger charge is 2.25. The summed E-state index contributed by atoms with van der Waals surface area (Å²) in [5.41, 5.74) is 1.15. The Morgan fingerprint density at radius 2 is 2.05 bits per heavy atom. The van der Waals surface area contributed by atoms with Crippen LogP contribution in [-0.2, 0) is 4.79 Å². The van der Waals surface area contributed by atoms with Gasteiger partial charge in [-0.3, -0.25) is 4.79 Å². The van der Waals surface area contributed by atoms with E-state index in [1.54, 1.807) is 0 Å². The molecule has 19 heavy (non-hydrogen) atoms. The van der Waals surface area contributed by atoms with Gasteiger partial charge in [-0.1, -0.05) is 19.1 Å². The van der Waals surface area contributed by atoms with Gasteiger partial charge in [-0.05, 0) is 50.3 Å². The maximum atomic E-state index is 12.4. The lowest BCUT2D eigenvalue weighted by Gasteiger charge is -2.30. The lowest BCUT2D eigenvalue weighted by molar-refractivity contribution is -0.139. The van der Waals surface area contributed by atoms with Crippen molar-refractivity contribution in [3.05, 3.63) is 29.8 Å². The van der Waals surface area contributed by atoms with E-state index in [1.165, 1.54) is 6.42 Å². The van der Waals surface area contributed by atoms with Crippen molar-refractivity contribution in [3.63, 3.8) is 0 Å². The van der Waals surface area contributed by atoms with Crippen molar-refractivity contribution >= 4 is 5.91 Å². The maximum Gasteiger partial charge on any atom is 0.263 e. The topological polar surface area (TPSA) is 29.5 Å². The normalized spacial score (nSPS) is 17.1. The summed E-state index contributed by atoms with van der Waals surface area (Å²) in [7, 11) is 0. The Bertz CT molecular complexity index is 425. The largest absolute Gasteiger partial charge is 0.481 e. The number of amides is 1. The zero-order chi connectivity index (χ0) is 13.7. The van der Waals surface area contributed by atoms with Crippen LogP contribution in [0.2, 0.25) is 0 Å². The van der Waals surface area contributed by atoms with Crippen molar-refractivity contribution in [1.29, 1.82) is 0 Å². The lowest BCUT2D eigenvalue weighted by atomic mass is 10.1. The van der Waals surface area contributed by atoms with Crippen molar-refractivity contribution in [2.24, 2.45) is 0 Å². The van der Waals surface area contributed by atoms with Crippen molar-refractivity contribution in [3.8, 4) is 5.75 Å². The summed E-state index contributed by atoms with van der Waals surface area (Å²) in [5.74, 6) is 0.931. The molecule has 1 saturated heterocycles.